The fourth-order valence-electron chi connectivity index (χ4n) is 2.05. The van der Waals surface area contributed by atoms with Crippen molar-refractivity contribution in [3.05, 3.63) is 24.0 Å². The number of alkyl halides is 2. The van der Waals surface area contributed by atoms with Gasteiger partial charge in [0.1, 0.15) is 5.69 Å². The van der Waals surface area contributed by atoms with Crippen molar-refractivity contribution in [3.8, 4) is 0 Å². The second kappa shape index (κ2) is 5.81. The Labute approximate surface area is 109 Å². The molecule has 1 N–H and O–H groups in total. The van der Waals surface area contributed by atoms with Gasteiger partial charge in [0.2, 0.25) is 5.91 Å². The molecule has 2 rings (SSSR count). The number of carbonyl (C=O) groups excluding carboxylic acids is 2. The fraction of sp³-hybridized carbons (Fsp3) is 0.500. The van der Waals surface area contributed by atoms with E-state index < -0.39 is 13.0 Å². The largest absolute Gasteiger partial charge is 0.354 e. The molecule has 1 aliphatic rings. The van der Waals surface area contributed by atoms with Crippen molar-refractivity contribution < 1.29 is 18.4 Å². The van der Waals surface area contributed by atoms with Crippen LogP contribution >= 0.6 is 0 Å². The van der Waals surface area contributed by atoms with Gasteiger partial charge < -0.3 is 14.8 Å². The molecule has 0 aliphatic carbocycles. The lowest BCUT2D eigenvalue weighted by Gasteiger charge is -2.20. The minimum Gasteiger partial charge on any atom is -0.354 e. The SMILES string of the molecule is O=C1CCN(C(=O)c2cccn2CC(F)F)CCN1. The van der Waals surface area contributed by atoms with Crippen molar-refractivity contribution in [1.82, 2.24) is 14.8 Å². The highest BCUT2D eigenvalue weighted by atomic mass is 19.3. The molecule has 0 unspecified atom stereocenters. The standard InChI is InChI=1S/C12H15F2N3O2/c13-10(14)8-17-5-1-2-9(17)12(19)16-6-3-11(18)15-4-7-16/h1-2,5,10H,3-4,6-8H2,(H,15,18). The van der Waals surface area contributed by atoms with Crippen LogP contribution in [0.5, 0.6) is 0 Å². The smallest absolute Gasteiger partial charge is 0.270 e. The molecule has 7 heteroatoms. The summed E-state index contributed by atoms with van der Waals surface area (Å²) in [7, 11) is 0. The van der Waals surface area contributed by atoms with Gasteiger partial charge in [0.15, 0.2) is 0 Å². The fourth-order valence-corrected chi connectivity index (χ4v) is 2.05. The van der Waals surface area contributed by atoms with E-state index in [9.17, 15) is 18.4 Å². The van der Waals surface area contributed by atoms with Gasteiger partial charge in [0.25, 0.3) is 12.3 Å². The lowest BCUT2D eigenvalue weighted by atomic mass is 10.3. The van der Waals surface area contributed by atoms with Crippen LogP contribution in [0.1, 0.15) is 16.9 Å². The number of rotatable bonds is 3. The molecule has 0 radical (unpaired) electrons. The molecule has 1 saturated heterocycles. The Morgan fingerprint density at radius 2 is 2.21 bits per heavy atom. The Hall–Kier alpha value is -1.92. The maximum absolute atomic E-state index is 12.4. The molecule has 0 aromatic carbocycles. The quantitative estimate of drug-likeness (QED) is 0.880. The first-order valence-electron chi connectivity index (χ1n) is 6.07. The Kier molecular flexibility index (Phi) is 4.13. The zero-order valence-electron chi connectivity index (χ0n) is 10.3. The van der Waals surface area contributed by atoms with E-state index in [-0.39, 0.29) is 23.9 Å². The summed E-state index contributed by atoms with van der Waals surface area (Å²) in [5, 5.41) is 2.66. The Balaban J connectivity index is 2.10. The normalized spacial score (nSPS) is 16.4. The first-order valence-corrected chi connectivity index (χ1v) is 6.07. The number of hydrogen-bond donors (Lipinski definition) is 1. The average Bonchev–Trinajstić information content (AvgIpc) is 2.68. The summed E-state index contributed by atoms with van der Waals surface area (Å²) < 4.78 is 26.0. The number of nitrogens with one attached hydrogen (secondary N) is 1. The molecule has 1 aliphatic heterocycles. The Morgan fingerprint density at radius 3 is 2.95 bits per heavy atom. The van der Waals surface area contributed by atoms with E-state index in [1.54, 1.807) is 6.07 Å². The molecular weight excluding hydrogens is 256 g/mol. The Morgan fingerprint density at radius 1 is 1.42 bits per heavy atom. The highest BCUT2D eigenvalue weighted by molar-refractivity contribution is 5.93. The molecule has 1 fully saturated rings. The van der Waals surface area contributed by atoms with Gasteiger partial charge in [-0.3, -0.25) is 9.59 Å². The summed E-state index contributed by atoms with van der Waals surface area (Å²) >= 11 is 0. The minimum atomic E-state index is -2.51. The van der Waals surface area contributed by atoms with Crippen LogP contribution in [0.3, 0.4) is 0 Å². The summed E-state index contributed by atoms with van der Waals surface area (Å²) in [6.07, 6.45) is -0.812. The third kappa shape index (κ3) is 3.30. The number of hydrogen-bond acceptors (Lipinski definition) is 2. The third-order valence-electron chi connectivity index (χ3n) is 2.98. The highest BCUT2D eigenvalue weighted by Gasteiger charge is 2.22. The van der Waals surface area contributed by atoms with Crippen molar-refractivity contribution in [2.24, 2.45) is 0 Å². The summed E-state index contributed by atoms with van der Waals surface area (Å²) in [4.78, 5) is 24.9. The average molecular weight is 271 g/mol. The molecule has 0 bridgehead atoms. The summed E-state index contributed by atoms with van der Waals surface area (Å²) in [5.41, 5.74) is 0.231. The van der Waals surface area contributed by atoms with Crippen molar-refractivity contribution in [3.63, 3.8) is 0 Å². The van der Waals surface area contributed by atoms with Crippen LogP contribution < -0.4 is 5.32 Å². The predicted octanol–water partition coefficient (Wildman–Crippen LogP) is 0.715. The van der Waals surface area contributed by atoms with E-state index in [0.717, 1.165) is 0 Å². The van der Waals surface area contributed by atoms with Crippen LogP contribution in [0.15, 0.2) is 18.3 Å². The van der Waals surface area contributed by atoms with Gasteiger partial charge >= 0.3 is 0 Å². The van der Waals surface area contributed by atoms with Crippen molar-refractivity contribution >= 4 is 11.8 Å². The molecule has 0 spiro atoms. The van der Waals surface area contributed by atoms with Gasteiger partial charge in [0.05, 0.1) is 6.54 Å². The number of amides is 2. The van der Waals surface area contributed by atoms with Gasteiger partial charge in [-0.25, -0.2) is 8.78 Å². The molecule has 104 valence electrons. The summed E-state index contributed by atoms with van der Waals surface area (Å²) in [5.74, 6) is -0.416. The van der Waals surface area contributed by atoms with E-state index in [2.05, 4.69) is 5.32 Å². The number of halogens is 2. The van der Waals surface area contributed by atoms with Gasteiger partial charge in [-0.15, -0.1) is 0 Å². The molecule has 1 aromatic heterocycles. The van der Waals surface area contributed by atoms with Crippen molar-refractivity contribution in [1.29, 1.82) is 0 Å². The van der Waals surface area contributed by atoms with Gasteiger partial charge in [-0.2, -0.15) is 0 Å². The van der Waals surface area contributed by atoms with Crippen LogP contribution in [0.4, 0.5) is 8.78 Å². The summed E-state index contributed by atoms with van der Waals surface area (Å²) in [6, 6.07) is 3.09. The van der Waals surface area contributed by atoms with Crippen LogP contribution in [0.25, 0.3) is 0 Å². The topological polar surface area (TPSA) is 54.3 Å². The second-order valence-electron chi connectivity index (χ2n) is 4.33. The molecule has 5 nitrogen and oxygen atoms in total. The van der Waals surface area contributed by atoms with Crippen LogP contribution in [-0.2, 0) is 11.3 Å². The second-order valence-corrected chi connectivity index (χ2v) is 4.33. The van der Waals surface area contributed by atoms with Crippen molar-refractivity contribution in [2.75, 3.05) is 19.6 Å². The molecule has 2 amide bonds. The molecule has 19 heavy (non-hydrogen) atoms. The van der Waals surface area contributed by atoms with Gasteiger partial charge in [0, 0.05) is 32.3 Å². The van der Waals surface area contributed by atoms with Gasteiger partial charge in [-0.1, -0.05) is 0 Å². The van der Waals surface area contributed by atoms with Crippen molar-refractivity contribution in [2.45, 2.75) is 19.4 Å². The first kappa shape index (κ1) is 13.5. The minimum absolute atomic E-state index is 0.0988. The lowest BCUT2D eigenvalue weighted by molar-refractivity contribution is -0.120. The van der Waals surface area contributed by atoms with E-state index in [4.69, 9.17) is 0 Å². The summed E-state index contributed by atoms with van der Waals surface area (Å²) in [6.45, 7) is 0.591. The third-order valence-corrected chi connectivity index (χ3v) is 2.98. The van der Waals surface area contributed by atoms with E-state index in [1.165, 1.54) is 21.7 Å². The lowest BCUT2D eigenvalue weighted by Crippen LogP contribution is -2.35. The zero-order valence-corrected chi connectivity index (χ0v) is 10.3. The molecule has 0 atom stereocenters. The maximum Gasteiger partial charge on any atom is 0.270 e. The molecule has 2 heterocycles. The predicted molar refractivity (Wildman–Crippen MR) is 64.0 cm³/mol. The van der Waals surface area contributed by atoms with Crippen LogP contribution in [-0.4, -0.2) is 47.3 Å². The molecule has 1 aromatic rings. The van der Waals surface area contributed by atoms with Crippen LogP contribution in [0.2, 0.25) is 0 Å². The molecule has 0 saturated carbocycles. The van der Waals surface area contributed by atoms with Gasteiger partial charge in [-0.05, 0) is 12.1 Å². The van der Waals surface area contributed by atoms with E-state index in [1.807, 2.05) is 0 Å². The van der Waals surface area contributed by atoms with Crippen LogP contribution in [0, 0.1) is 0 Å². The highest BCUT2D eigenvalue weighted by Crippen LogP contribution is 2.10. The number of aromatic nitrogens is 1. The number of carbonyl (C=O) groups is 2. The Bertz CT molecular complexity index is 473. The zero-order chi connectivity index (χ0) is 13.8. The molecular formula is C12H15F2N3O2. The van der Waals surface area contributed by atoms with E-state index in [0.29, 0.717) is 19.6 Å². The van der Waals surface area contributed by atoms with E-state index >= 15 is 0 Å². The monoisotopic (exact) mass is 271 g/mol. The first-order chi connectivity index (χ1) is 9.08. The maximum atomic E-state index is 12.4. The number of nitrogens with zero attached hydrogens (tertiary/aromatic N) is 2.